The molecule has 1 heterocycles. The number of rotatable bonds is 2. The Labute approximate surface area is 87.4 Å². The Kier molecular flexibility index (Phi) is 2.52. The van der Waals surface area contributed by atoms with E-state index >= 15 is 0 Å². The zero-order valence-electron chi connectivity index (χ0n) is 7.72. The molecule has 1 aliphatic heterocycles. The van der Waals surface area contributed by atoms with Crippen LogP contribution < -0.4 is 10.5 Å². The Morgan fingerprint density at radius 2 is 2.36 bits per heavy atom. The van der Waals surface area contributed by atoms with Crippen LogP contribution in [0, 0.1) is 0 Å². The SMILES string of the molecule is NCCc1cc2c(c(Cl)c1O)CCO2. The van der Waals surface area contributed by atoms with E-state index in [1.807, 2.05) is 6.07 Å². The smallest absolute Gasteiger partial charge is 0.137 e. The molecule has 4 heteroatoms. The van der Waals surface area contributed by atoms with Crippen LogP contribution in [0.5, 0.6) is 11.5 Å². The van der Waals surface area contributed by atoms with E-state index in [0.29, 0.717) is 24.6 Å². The average molecular weight is 214 g/mol. The monoisotopic (exact) mass is 213 g/mol. The first-order chi connectivity index (χ1) is 6.74. The van der Waals surface area contributed by atoms with E-state index in [1.165, 1.54) is 0 Å². The molecule has 1 aromatic carbocycles. The van der Waals surface area contributed by atoms with Crippen LogP contribution in [0.15, 0.2) is 6.07 Å². The van der Waals surface area contributed by atoms with Crippen molar-refractivity contribution in [1.82, 2.24) is 0 Å². The number of nitrogens with two attached hydrogens (primary N) is 1. The van der Waals surface area contributed by atoms with Gasteiger partial charge in [0.15, 0.2) is 0 Å². The van der Waals surface area contributed by atoms with Crippen LogP contribution in [0.4, 0.5) is 0 Å². The van der Waals surface area contributed by atoms with E-state index < -0.39 is 0 Å². The third-order valence-corrected chi connectivity index (χ3v) is 2.81. The van der Waals surface area contributed by atoms with Crippen molar-refractivity contribution in [3.63, 3.8) is 0 Å². The van der Waals surface area contributed by atoms with Crippen molar-refractivity contribution < 1.29 is 9.84 Å². The van der Waals surface area contributed by atoms with Gasteiger partial charge in [0.1, 0.15) is 11.5 Å². The van der Waals surface area contributed by atoms with Gasteiger partial charge in [-0.05, 0) is 19.0 Å². The fourth-order valence-electron chi connectivity index (χ4n) is 1.68. The molecule has 14 heavy (non-hydrogen) atoms. The molecule has 0 unspecified atom stereocenters. The molecule has 0 fully saturated rings. The number of aromatic hydroxyl groups is 1. The van der Waals surface area contributed by atoms with E-state index in [9.17, 15) is 5.11 Å². The molecule has 2 rings (SSSR count). The molecule has 3 N–H and O–H groups in total. The molecule has 0 radical (unpaired) electrons. The molecule has 0 aliphatic carbocycles. The Morgan fingerprint density at radius 1 is 1.57 bits per heavy atom. The van der Waals surface area contributed by atoms with Crippen LogP contribution in [0.1, 0.15) is 11.1 Å². The summed E-state index contributed by atoms with van der Waals surface area (Å²) in [6.45, 7) is 1.13. The molecule has 76 valence electrons. The number of phenols is 1. The van der Waals surface area contributed by atoms with Crippen molar-refractivity contribution >= 4 is 11.6 Å². The first-order valence-corrected chi connectivity index (χ1v) is 4.98. The van der Waals surface area contributed by atoms with Crippen molar-refractivity contribution in [3.05, 3.63) is 22.2 Å². The lowest BCUT2D eigenvalue weighted by molar-refractivity contribution is 0.356. The second-order valence-electron chi connectivity index (χ2n) is 3.31. The van der Waals surface area contributed by atoms with Gasteiger partial charge in [-0.25, -0.2) is 0 Å². The first kappa shape index (κ1) is 9.62. The minimum absolute atomic E-state index is 0.154. The number of hydrogen-bond acceptors (Lipinski definition) is 3. The zero-order valence-corrected chi connectivity index (χ0v) is 8.47. The minimum Gasteiger partial charge on any atom is -0.506 e. The van der Waals surface area contributed by atoms with Crippen LogP contribution >= 0.6 is 11.6 Å². The van der Waals surface area contributed by atoms with Gasteiger partial charge >= 0.3 is 0 Å². The van der Waals surface area contributed by atoms with E-state index in [2.05, 4.69) is 0 Å². The molecule has 0 bridgehead atoms. The van der Waals surface area contributed by atoms with E-state index in [-0.39, 0.29) is 5.75 Å². The highest BCUT2D eigenvalue weighted by atomic mass is 35.5. The largest absolute Gasteiger partial charge is 0.506 e. The number of benzene rings is 1. The maximum absolute atomic E-state index is 9.75. The predicted molar refractivity (Wildman–Crippen MR) is 55.1 cm³/mol. The van der Waals surface area contributed by atoms with Gasteiger partial charge in [-0.1, -0.05) is 11.6 Å². The van der Waals surface area contributed by atoms with Gasteiger partial charge in [0.2, 0.25) is 0 Å². The second kappa shape index (κ2) is 3.67. The van der Waals surface area contributed by atoms with Crippen LogP contribution in [0.3, 0.4) is 0 Å². The van der Waals surface area contributed by atoms with Crippen molar-refractivity contribution in [1.29, 1.82) is 0 Å². The first-order valence-electron chi connectivity index (χ1n) is 4.60. The highest BCUT2D eigenvalue weighted by Crippen LogP contribution is 2.40. The standard InChI is InChI=1S/C10H12ClNO2/c11-9-7-2-4-14-8(7)5-6(1-3-12)10(9)13/h5,13H,1-4,12H2. The van der Waals surface area contributed by atoms with Crippen molar-refractivity contribution in [2.45, 2.75) is 12.8 Å². The summed E-state index contributed by atoms with van der Waals surface area (Å²) in [7, 11) is 0. The number of halogens is 1. The Bertz CT molecular complexity index is 366. The summed E-state index contributed by atoms with van der Waals surface area (Å²) in [6, 6.07) is 1.83. The topological polar surface area (TPSA) is 55.5 Å². The van der Waals surface area contributed by atoms with Crippen molar-refractivity contribution in [2.24, 2.45) is 5.73 Å². The molecule has 0 atom stereocenters. The predicted octanol–water partition coefficient (Wildman–Crippen LogP) is 1.48. The fourth-order valence-corrected chi connectivity index (χ4v) is 1.99. The van der Waals surface area contributed by atoms with Crippen molar-refractivity contribution in [2.75, 3.05) is 13.2 Å². The summed E-state index contributed by atoms with van der Waals surface area (Å²) in [5, 5.41) is 10.2. The van der Waals surface area contributed by atoms with E-state index in [1.54, 1.807) is 0 Å². The average Bonchev–Trinajstić information content (AvgIpc) is 2.62. The lowest BCUT2D eigenvalue weighted by atomic mass is 10.1. The molecule has 1 aliphatic rings. The summed E-state index contributed by atoms with van der Waals surface area (Å²) < 4.78 is 5.38. The molecular formula is C10H12ClNO2. The summed E-state index contributed by atoms with van der Waals surface area (Å²) in [4.78, 5) is 0. The van der Waals surface area contributed by atoms with Gasteiger partial charge in [0, 0.05) is 17.5 Å². The van der Waals surface area contributed by atoms with Gasteiger partial charge in [0.25, 0.3) is 0 Å². The Hall–Kier alpha value is -0.930. The van der Waals surface area contributed by atoms with Crippen LogP contribution in [-0.4, -0.2) is 18.3 Å². The summed E-state index contributed by atoms with van der Waals surface area (Å²) >= 11 is 6.01. The van der Waals surface area contributed by atoms with Gasteiger partial charge < -0.3 is 15.6 Å². The Morgan fingerprint density at radius 3 is 3.07 bits per heavy atom. The van der Waals surface area contributed by atoms with Crippen LogP contribution in [0.2, 0.25) is 5.02 Å². The third-order valence-electron chi connectivity index (χ3n) is 2.40. The summed E-state index contributed by atoms with van der Waals surface area (Å²) in [5.74, 6) is 0.942. The normalized spacial score (nSPS) is 13.9. The number of fused-ring (bicyclic) bond motifs is 1. The summed E-state index contributed by atoms with van der Waals surface area (Å²) in [6.07, 6.45) is 1.38. The number of phenolic OH excluding ortho intramolecular Hbond substituents is 1. The lowest BCUT2D eigenvalue weighted by Gasteiger charge is -2.08. The van der Waals surface area contributed by atoms with E-state index in [0.717, 1.165) is 23.3 Å². The van der Waals surface area contributed by atoms with Crippen molar-refractivity contribution in [3.8, 4) is 11.5 Å². The maximum Gasteiger partial charge on any atom is 0.137 e. The fraction of sp³-hybridized carbons (Fsp3) is 0.400. The molecule has 0 amide bonds. The highest BCUT2D eigenvalue weighted by molar-refractivity contribution is 6.33. The molecule has 1 aromatic rings. The van der Waals surface area contributed by atoms with Gasteiger partial charge in [-0.15, -0.1) is 0 Å². The molecule has 3 nitrogen and oxygen atoms in total. The van der Waals surface area contributed by atoms with Crippen LogP contribution in [-0.2, 0) is 12.8 Å². The Balaban J connectivity index is 2.49. The molecule has 0 aromatic heterocycles. The number of ether oxygens (including phenoxy) is 1. The zero-order chi connectivity index (χ0) is 10.1. The third kappa shape index (κ3) is 1.42. The molecule has 0 saturated carbocycles. The molecule has 0 saturated heterocycles. The van der Waals surface area contributed by atoms with Crippen LogP contribution in [0.25, 0.3) is 0 Å². The minimum atomic E-state index is 0.154. The molecule has 0 spiro atoms. The molecular weight excluding hydrogens is 202 g/mol. The maximum atomic E-state index is 9.75. The second-order valence-corrected chi connectivity index (χ2v) is 3.69. The lowest BCUT2D eigenvalue weighted by Crippen LogP contribution is -2.03. The quantitative estimate of drug-likeness (QED) is 0.783. The van der Waals surface area contributed by atoms with Gasteiger partial charge in [-0.2, -0.15) is 0 Å². The highest BCUT2D eigenvalue weighted by Gasteiger charge is 2.20. The van der Waals surface area contributed by atoms with Gasteiger partial charge in [-0.3, -0.25) is 0 Å². The number of hydrogen-bond donors (Lipinski definition) is 2. The van der Waals surface area contributed by atoms with E-state index in [4.69, 9.17) is 22.1 Å². The summed E-state index contributed by atoms with van der Waals surface area (Å²) in [5.41, 5.74) is 7.10. The van der Waals surface area contributed by atoms with Gasteiger partial charge in [0.05, 0.1) is 11.6 Å².